The maximum atomic E-state index is 12.6. The fraction of sp³-hybridized carbons (Fsp3) is 0.217. The fourth-order valence-corrected chi connectivity index (χ4v) is 2.30. The Balaban J connectivity index is 2.21. The summed E-state index contributed by atoms with van der Waals surface area (Å²) in [7, 11) is 0. The first-order chi connectivity index (χ1) is 13.3. The third-order valence-electron chi connectivity index (χ3n) is 3.82. The van der Waals surface area contributed by atoms with Crippen molar-refractivity contribution in [1.82, 2.24) is 0 Å². The van der Waals surface area contributed by atoms with E-state index in [0.717, 1.165) is 16.7 Å². The second-order valence-corrected chi connectivity index (χ2v) is 6.54. The molecular weight excluding hydrogens is 356 g/mol. The van der Waals surface area contributed by atoms with E-state index in [1.54, 1.807) is 18.2 Å². The lowest BCUT2D eigenvalue weighted by Crippen LogP contribution is -2.12. The van der Waals surface area contributed by atoms with E-state index in [0.29, 0.717) is 12.4 Å². The van der Waals surface area contributed by atoms with Crippen molar-refractivity contribution in [2.75, 3.05) is 13.2 Å². The molecule has 0 aliphatic heterocycles. The number of hydrogen-bond donors (Lipinski definition) is 1. The smallest absolute Gasteiger partial charge is 0.341 e. The first-order valence-electron chi connectivity index (χ1n) is 8.89. The number of allylic oxidation sites excluding steroid dienone is 2. The maximum Gasteiger partial charge on any atom is 0.341 e. The zero-order valence-corrected chi connectivity index (χ0v) is 16.3. The Morgan fingerprint density at radius 2 is 1.75 bits per heavy atom. The Labute approximate surface area is 164 Å². The molecule has 0 spiro atoms. The molecule has 5 heteroatoms. The van der Waals surface area contributed by atoms with Gasteiger partial charge in [0.1, 0.15) is 18.1 Å². The molecule has 0 atom stereocenters. The summed E-state index contributed by atoms with van der Waals surface area (Å²) in [5, 5.41) is 8.89. The molecule has 0 bridgehead atoms. The van der Waals surface area contributed by atoms with Crippen LogP contribution in [0.25, 0.3) is 6.08 Å². The average molecular weight is 380 g/mol. The number of carboxylic acid groups (broad SMARTS) is 1. The van der Waals surface area contributed by atoms with E-state index in [2.05, 4.69) is 0 Å². The van der Waals surface area contributed by atoms with Crippen LogP contribution in [0.2, 0.25) is 0 Å². The van der Waals surface area contributed by atoms with Crippen molar-refractivity contribution in [2.45, 2.75) is 20.8 Å². The first-order valence-corrected chi connectivity index (χ1v) is 8.89. The summed E-state index contributed by atoms with van der Waals surface area (Å²) in [6.45, 7) is 5.76. The van der Waals surface area contributed by atoms with Crippen molar-refractivity contribution in [1.29, 1.82) is 0 Å². The van der Waals surface area contributed by atoms with Crippen LogP contribution in [0.1, 0.15) is 35.3 Å². The topological polar surface area (TPSA) is 72.8 Å². The van der Waals surface area contributed by atoms with E-state index in [9.17, 15) is 9.59 Å². The number of ether oxygens (including phenoxy) is 2. The SMILES string of the molecule is CC(C)=CCOc1ccc(C(=O)/C=C/c2ccc(C)cc2)c(OCC(=O)O)c1. The summed E-state index contributed by atoms with van der Waals surface area (Å²) in [5.74, 6) is -0.728. The molecule has 0 amide bonds. The minimum Gasteiger partial charge on any atom is -0.489 e. The van der Waals surface area contributed by atoms with Gasteiger partial charge in [-0.2, -0.15) is 0 Å². The lowest BCUT2D eigenvalue weighted by Gasteiger charge is -2.11. The molecule has 0 saturated heterocycles. The highest BCUT2D eigenvalue weighted by atomic mass is 16.5. The van der Waals surface area contributed by atoms with Crippen molar-refractivity contribution in [3.63, 3.8) is 0 Å². The summed E-state index contributed by atoms with van der Waals surface area (Å²) in [6, 6.07) is 12.5. The van der Waals surface area contributed by atoms with Gasteiger partial charge in [0, 0.05) is 6.07 Å². The van der Waals surface area contributed by atoms with Crippen molar-refractivity contribution < 1.29 is 24.2 Å². The summed E-state index contributed by atoms with van der Waals surface area (Å²) >= 11 is 0. The zero-order chi connectivity index (χ0) is 20.5. The van der Waals surface area contributed by atoms with Crippen LogP contribution < -0.4 is 9.47 Å². The number of carbonyl (C=O) groups excluding carboxylic acids is 1. The molecule has 1 N–H and O–H groups in total. The highest BCUT2D eigenvalue weighted by molar-refractivity contribution is 6.08. The van der Waals surface area contributed by atoms with Crippen molar-refractivity contribution >= 4 is 17.8 Å². The molecule has 0 aliphatic carbocycles. The van der Waals surface area contributed by atoms with Crippen molar-refractivity contribution in [3.8, 4) is 11.5 Å². The maximum absolute atomic E-state index is 12.6. The van der Waals surface area contributed by atoms with Crippen LogP contribution in [-0.2, 0) is 4.79 Å². The number of carboxylic acids is 1. The summed E-state index contributed by atoms with van der Waals surface area (Å²) < 4.78 is 10.9. The number of ketones is 1. The predicted molar refractivity (Wildman–Crippen MR) is 109 cm³/mol. The highest BCUT2D eigenvalue weighted by Gasteiger charge is 2.13. The van der Waals surface area contributed by atoms with Crippen LogP contribution in [-0.4, -0.2) is 30.1 Å². The zero-order valence-electron chi connectivity index (χ0n) is 16.3. The van der Waals surface area contributed by atoms with E-state index in [4.69, 9.17) is 14.6 Å². The molecule has 0 radical (unpaired) electrons. The first kappa shape index (κ1) is 21.0. The lowest BCUT2D eigenvalue weighted by atomic mass is 10.1. The Kier molecular flexibility index (Phi) is 7.57. The fourth-order valence-electron chi connectivity index (χ4n) is 2.30. The van der Waals surface area contributed by atoms with E-state index in [-0.39, 0.29) is 17.1 Å². The number of benzene rings is 2. The monoisotopic (exact) mass is 380 g/mol. The van der Waals surface area contributed by atoms with Gasteiger partial charge in [0.2, 0.25) is 0 Å². The van der Waals surface area contributed by atoms with Crippen LogP contribution in [0.15, 0.2) is 60.2 Å². The van der Waals surface area contributed by atoms with Crippen LogP contribution in [0.3, 0.4) is 0 Å². The van der Waals surface area contributed by atoms with E-state index in [1.807, 2.05) is 51.1 Å². The minimum absolute atomic E-state index is 0.177. The summed E-state index contributed by atoms with van der Waals surface area (Å²) in [4.78, 5) is 23.5. The second kappa shape index (κ2) is 10.1. The number of aliphatic carboxylic acids is 1. The molecular formula is C23H24O5. The highest BCUT2D eigenvalue weighted by Crippen LogP contribution is 2.26. The lowest BCUT2D eigenvalue weighted by molar-refractivity contribution is -0.139. The van der Waals surface area contributed by atoms with Gasteiger partial charge >= 0.3 is 5.97 Å². The molecule has 146 valence electrons. The van der Waals surface area contributed by atoms with Gasteiger partial charge < -0.3 is 14.6 Å². The van der Waals surface area contributed by atoms with Crippen LogP contribution in [0.5, 0.6) is 11.5 Å². The molecule has 2 rings (SSSR count). The van der Waals surface area contributed by atoms with Crippen molar-refractivity contribution in [3.05, 3.63) is 76.9 Å². The molecule has 5 nitrogen and oxygen atoms in total. The Morgan fingerprint density at radius 1 is 1.04 bits per heavy atom. The Hall–Kier alpha value is -3.34. The van der Waals surface area contributed by atoms with E-state index in [1.165, 1.54) is 12.1 Å². The van der Waals surface area contributed by atoms with Gasteiger partial charge in [0.05, 0.1) is 5.56 Å². The van der Waals surface area contributed by atoms with Gasteiger partial charge in [-0.05, 0) is 50.6 Å². The molecule has 0 fully saturated rings. The van der Waals surface area contributed by atoms with Crippen molar-refractivity contribution in [2.24, 2.45) is 0 Å². The standard InChI is InChI=1S/C23H24O5/c1-16(2)12-13-27-19-9-10-20(22(14-19)28-15-23(25)26)21(24)11-8-18-6-4-17(3)5-7-18/h4-12,14H,13,15H2,1-3H3,(H,25,26)/b11-8+. The predicted octanol–water partition coefficient (Wildman–Crippen LogP) is 4.70. The van der Waals surface area contributed by atoms with Crippen LogP contribution >= 0.6 is 0 Å². The van der Waals surface area contributed by atoms with Gasteiger partial charge in [-0.3, -0.25) is 4.79 Å². The van der Waals surface area contributed by atoms with Gasteiger partial charge in [-0.25, -0.2) is 4.79 Å². The Bertz CT molecular complexity index is 888. The minimum atomic E-state index is -1.12. The average Bonchev–Trinajstić information content (AvgIpc) is 2.65. The number of carbonyl (C=O) groups is 2. The molecule has 0 aromatic heterocycles. The second-order valence-electron chi connectivity index (χ2n) is 6.54. The van der Waals surface area contributed by atoms with Crippen LogP contribution in [0.4, 0.5) is 0 Å². The molecule has 0 heterocycles. The molecule has 0 unspecified atom stereocenters. The quantitative estimate of drug-likeness (QED) is 0.388. The molecule has 0 aliphatic rings. The molecule has 2 aromatic rings. The van der Waals surface area contributed by atoms with Gasteiger partial charge in [0.25, 0.3) is 0 Å². The molecule has 28 heavy (non-hydrogen) atoms. The molecule has 0 saturated carbocycles. The number of aryl methyl sites for hydroxylation is 1. The summed E-state index contributed by atoms with van der Waals surface area (Å²) in [5.41, 5.74) is 3.43. The van der Waals surface area contributed by atoms with E-state index < -0.39 is 12.6 Å². The largest absolute Gasteiger partial charge is 0.489 e. The Morgan fingerprint density at radius 3 is 2.39 bits per heavy atom. The summed E-state index contributed by atoms with van der Waals surface area (Å²) in [6.07, 6.45) is 5.07. The molecule has 2 aromatic carbocycles. The van der Waals surface area contributed by atoms with E-state index >= 15 is 0 Å². The van der Waals surface area contributed by atoms with Gasteiger partial charge in [-0.1, -0.05) is 41.5 Å². The number of hydrogen-bond acceptors (Lipinski definition) is 4. The van der Waals surface area contributed by atoms with Gasteiger partial charge in [0.15, 0.2) is 12.4 Å². The third kappa shape index (κ3) is 6.76. The number of rotatable bonds is 9. The normalized spacial score (nSPS) is 10.5. The third-order valence-corrected chi connectivity index (χ3v) is 3.82. The van der Waals surface area contributed by atoms with Crippen LogP contribution in [0, 0.1) is 6.92 Å². The van der Waals surface area contributed by atoms with Gasteiger partial charge in [-0.15, -0.1) is 0 Å².